The van der Waals surface area contributed by atoms with Gasteiger partial charge in [0.1, 0.15) is 8.07 Å². The van der Waals surface area contributed by atoms with Crippen molar-refractivity contribution in [2.24, 2.45) is 0 Å². The van der Waals surface area contributed by atoms with Crippen LogP contribution in [0.1, 0.15) is 0 Å². The Hall–Kier alpha value is -6.23. The average Bonchev–Trinajstić information content (AvgIpc) is 3.44. The molecule has 0 fully saturated rings. The molecule has 0 N–H and O–H groups in total. The fourth-order valence-electron chi connectivity index (χ4n) is 7.36. The van der Waals surface area contributed by atoms with Gasteiger partial charge in [0.05, 0.1) is 0 Å². The predicted octanol–water partition coefficient (Wildman–Crippen LogP) is 10.7. The van der Waals surface area contributed by atoms with Crippen LogP contribution in [0.25, 0.3) is 78.7 Å². The third-order valence-corrected chi connectivity index (χ3v) is 13.8. The molecule has 0 saturated carbocycles. The van der Waals surface area contributed by atoms with Gasteiger partial charge in [-0.2, -0.15) is 0 Å². The summed E-state index contributed by atoms with van der Waals surface area (Å²) in [5.41, 5.74) is 12.8. The van der Waals surface area contributed by atoms with Crippen molar-refractivity contribution in [2.75, 3.05) is 0 Å². The monoisotopic (exact) mass is 669 g/mol. The maximum Gasteiger partial charge on any atom is 0.164 e. The van der Waals surface area contributed by atoms with E-state index < -0.39 is 8.07 Å². The number of rotatable bonds is 6. The van der Waals surface area contributed by atoms with Crippen LogP contribution in [0.4, 0.5) is 0 Å². The summed E-state index contributed by atoms with van der Waals surface area (Å²) in [6.07, 6.45) is 0. The molecule has 1 aliphatic heterocycles. The second-order valence-corrected chi connectivity index (χ2v) is 18.0. The standard InChI is InChI=1S/C47H35N3Si/c1-51(2)43-16-10-9-15-41(43)42-31-40(29-30-44(42)51)36-19-17-34(18-20-36)35-23-27-39(28-24-35)47-49-45(37-13-7-4-8-14-37)48-46(50-47)38-25-21-33(22-26-38)32-11-5-3-6-12-32/h3-31H,1-2H3. The molecule has 1 aromatic heterocycles. The van der Waals surface area contributed by atoms with E-state index in [9.17, 15) is 0 Å². The number of benzene rings is 7. The van der Waals surface area contributed by atoms with Gasteiger partial charge in [-0.25, -0.2) is 15.0 Å². The van der Waals surface area contributed by atoms with Crippen molar-refractivity contribution < 1.29 is 0 Å². The van der Waals surface area contributed by atoms with E-state index in [1.165, 1.54) is 43.8 Å². The van der Waals surface area contributed by atoms with E-state index in [-0.39, 0.29) is 0 Å². The molecular formula is C47H35N3Si. The zero-order chi connectivity index (χ0) is 34.4. The van der Waals surface area contributed by atoms with Crippen LogP contribution in [0.5, 0.6) is 0 Å². The minimum atomic E-state index is -1.66. The van der Waals surface area contributed by atoms with Gasteiger partial charge in [0, 0.05) is 16.7 Å². The van der Waals surface area contributed by atoms with Crippen LogP contribution in [0.3, 0.4) is 0 Å². The van der Waals surface area contributed by atoms with E-state index in [0.717, 1.165) is 27.8 Å². The van der Waals surface area contributed by atoms with Gasteiger partial charge in [0.25, 0.3) is 0 Å². The van der Waals surface area contributed by atoms with Gasteiger partial charge in [0.2, 0.25) is 0 Å². The fourth-order valence-corrected chi connectivity index (χ4v) is 10.4. The number of hydrogen-bond acceptors (Lipinski definition) is 3. The Kier molecular flexibility index (Phi) is 7.60. The van der Waals surface area contributed by atoms with Crippen LogP contribution in [-0.4, -0.2) is 23.0 Å². The highest BCUT2D eigenvalue weighted by molar-refractivity contribution is 7.03. The number of nitrogens with zero attached hydrogens (tertiary/aromatic N) is 3. The molecule has 0 spiro atoms. The molecule has 9 rings (SSSR count). The largest absolute Gasteiger partial charge is 0.208 e. The zero-order valence-corrected chi connectivity index (χ0v) is 29.6. The first kappa shape index (κ1) is 30.8. The van der Waals surface area contributed by atoms with Gasteiger partial charge in [-0.3, -0.25) is 0 Å². The molecule has 0 aliphatic carbocycles. The first-order chi connectivity index (χ1) is 25.0. The van der Waals surface area contributed by atoms with E-state index in [1.807, 2.05) is 36.4 Å². The lowest BCUT2D eigenvalue weighted by Gasteiger charge is -2.18. The molecular weight excluding hydrogens is 635 g/mol. The molecule has 8 aromatic rings. The maximum absolute atomic E-state index is 4.98. The quantitative estimate of drug-likeness (QED) is 0.165. The zero-order valence-electron chi connectivity index (χ0n) is 28.6. The number of hydrogen-bond donors (Lipinski definition) is 0. The van der Waals surface area contributed by atoms with Crippen molar-refractivity contribution in [3.8, 4) is 78.7 Å². The van der Waals surface area contributed by atoms with Crippen molar-refractivity contribution in [3.63, 3.8) is 0 Å². The Labute approximate surface area is 300 Å². The smallest absolute Gasteiger partial charge is 0.164 e. The van der Waals surface area contributed by atoms with Gasteiger partial charge < -0.3 is 0 Å². The van der Waals surface area contributed by atoms with Crippen LogP contribution in [0, 0.1) is 0 Å². The molecule has 2 heterocycles. The molecule has 1 aliphatic rings. The SMILES string of the molecule is C[Si]1(C)c2ccccc2-c2cc(-c3ccc(-c4ccc(-c5nc(-c6ccccc6)nc(-c6ccc(-c7ccccc7)cc6)n5)cc4)cc3)ccc21. The lowest BCUT2D eigenvalue weighted by atomic mass is 9.97. The first-order valence-corrected chi connectivity index (χ1v) is 20.4. The van der Waals surface area contributed by atoms with Crippen LogP contribution < -0.4 is 10.4 Å². The molecule has 0 unspecified atom stereocenters. The Balaban J connectivity index is 1.01. The molecule has 7 aromatic carbocycles. The summed E-state index contributed by atoms with van der Waals surface area (Å²) in [6, 6.07) is 62.4. The Morgan fingerprint density at radius 1 is 0.294 bits per heavy atom. The minimum absolute atomic E-state index is 0.650. The summed E-state index contributed by atoms with van der Waals surface area (Å²) in [5, 5.41) is 3.07. The molecule has 51 heavy (non-hydrogen) atoms. The summed E-state index contributed by atoms with van der Waals surface area (Å²) in [7, 11) is -1.66. The molecule has 242 valence electrons. The Morgan fingerprint density at radius 2 is 0.627 bits per heavy atom. The van der Waals surface area contributed by atoms with E-state index in [1.54, 1.807) is 0 Å². The van der Waals surface area contributed by atoms with E-state index in [0.29, 0.717) is 17.5 Å². The normalized spacial score (nSPS) is 12.7. The van der Waals surface area contributed by atoms with E-state index in [2.05, 4.69) is 153 Å². The third-order valence-electron chi connectivity index (χ3n) is 10.2. The van der Waals surface area contributed by atoms with Crippen LogP contribution >= 0.6 is 0 Å². The first-order valence-electron chi connectivity index (χ1n) is 17.4. The van der Waals surface area contributed by atoms with Crippen LogP contribution in [0.2, 0.25) is 13.1 Å². The summed E-state index contributed by atoms with van der Waals surface area (Å²) in [4.78, 5) is 14.8. The lowest BCUT2D eigenvalue weighted by molar-refractivity contribution is 1.07. The molecule has 3 nitrogen and oxygen atoms in total. The van der Waals surface area contributed by atoms with Gasteiger partial charge in [-0.05, 0) is 60.9 Å². The lowest BCUT2D eigenvalue weighted by Crippen LogP contribution is -2.49. The highest BCUT2D eigenvalue weighted by atomic mass is 28.3. The summed E-state index contributed by atoms with van der Waals surface area (Å²) in [6.45, 7) is 4.92. The van der Waals surface area contributed by atoms with E-state index >= 15 is 0 Å². The fraction of sp³-hybridized carbons (Fsp3) is 0.0426. The van der Waals surface area contributed by atoms with Crippen molar-refractivity contribution in [3.05, 3.63) is 176 Å². The average molecular weight is 670 g/mol. The number of aromatic nitrogens is 3. The predicted molar refractivity (Wildman–Crippen MR) is 215 cm³/mol. The topological polar surface area (TPSA) is 38.7 Å². The molecule has 0 saturated heterocycles. The second-order valence-electron chi connectivity index (χ2n) is 13.7. The molecule has 0 radical (unpaired) electrons. The van der Waals surface area contributed by atoms with E-state index in [4.69, 9.17) is 15.0 Å². The molecule has 4 heteroatoms. The maximum atomic E-state index is 4.98. The third kappa shape index (κ3) is 5.70. The summed E-state index contributed by atoms with van der Waals surface area (Å²) >= 11 is 0. The van der Waals surface area contributed by atoms with Crippen molar-refractivity contribution in [1.82, 2.24) is 15.0 Å². The Bertz CT molecular complexity index is 2510. The summed E-state index contributed by atoms with van der Waals surface area (Å²) in [5.74, 6) is 1.96. The van der Waals surface area contributed by atoms with Crippen molar-refractivity contribution in [2.45, 2.75) is 13.1 Å². The van der Waals surface area contributed by atoms with Gasteiger partial charge >= 0.3 is 0 Å². The van der Waals surface area contributed by atoms with Gasteiger partial charge in [-0.1, -0.05) is 183 Å². The second kappa shape index (κ2) is 12.6. The molecule has 0 amide bonds. The highest BCUT2D eigenvalue weighted by Crippen LogP contribution is 2.33. The van der Waals surface area contributed by atoms with Gasteiger partial charge in [-0.15, -0.1) is 0 Å². The summed E-state index contributed by atoms with van der Waals surface area (Å²) < 4.78 is 0. The van der Waals surface area contributed by atoms with Crippen molar-refractivity contribution in [1.29, 1.82) is 0 Å². The van der Waals surface area contributed by atoms with Crippen LogP contribution in [0.15, 0.2) is 176 Å². The molecule has 0 bridgehead atoms. The Morgan fingerprint density at radius 3 is 1.14 bits per heavy atom. The highest BCUT2D eigenvalue weighted by Gasteiger charge is 2.37. The minimum Gasteiger partial charge on any atom is -0.208 e. The van der Waals surface area contributed by atoms with Crippen LogP contribution in [-0.2, 0) is 0 Å². The van der Waals surface area contributed by atoms with Gasteiger partial charge in [0.15, 0.2) is 17.5 Å². The van der Waals surface area contributed by atoms with Crippen molar-refractivity contribution >= 4 is 18.4 Å². The number of fused-ring (bicyclic) bond motifs is 3. The molecule has 0 atom stereocenters.